The maximum atomic E-state index is 12.4. The van der Waals surface area contributed by atoms with Crippen molar-refractivity contribution in [2.45, 2.75) is 24.0 Å². The van der Waals surface area contributed by atoms with E-state index in [0.29, 0.717) is 24.3 Å². The molecule has 0 unspecified atom stereocenters. The van der Waals surface area contributed by atoms with Crippen LogP contribution in [-0.2, 0) is 26.5 Å². The lowest BCUT2D eigenvalue weighted by Gasteiger charge is -2.17. The zero-order valence-electron chi connectivity index (χ0n) is 13.1. The van der Waals surface area contributed by atoms with Gasteiger partial charge < -0.3 is 0 Å². The van der Waals surface area contributed by atoms with E-state index >= 15 is 0 Å². The Balaban J connectivity index is 1.79. The van der Waals surface area contributed by atoms with Gasteiger partial charge in [-0.2, -0.15) is 0 Å². The van der Waals surface area contributed by atoms with Gasteiger partial charge in [0.1, 0.15) is 4.21 Å². The van der Waals surface area contributed by atoms with Crippen molar-refractivity contribution in [3.8, 4) is 0 Å². The third-order valence-corrected chi connectivity index (χ3v) is 8.73. The Morgan fingerprint density at radius 3 is 2.42 bits per heavy atom. The zero-order chi connectivity index (χ0) is 17.4. The van der Waals surface area contributed by atoms with Crippen molar-refractivity contribution in [1.82, 2.24) is 0 Å². The lowest BCUT2D eigenvalue weighted by molar-refractivity contribution is 0.598. The second kappa shape index (κ2) is 6.38. The summed E-state index contributed by atoms with van der Waals surface area (Å²) >= 11 is 1.24. The smallest absolute Gasteiger partial charge is 0.271 e. The van der Waals surface area contributed by atoms with Gasteiger partial charge >= 0.3 is 0 Å². The number of hydrogen-bond donors (Lipinski definition) is 1. The minimum atomic E-state index is -3.62. The first kappa shape index (κ1) is 17.2. The fourth-order valence-electron chi connectivity index (χ4n) is 2.52. The number of sulfonamides is 2. The average Bonchev–Trinajstić information content (AvgIpc) is 3.14. The van der Waals surface area contributed by atoms with Crippen molar-refractivity contribution in [2.75, 3.05) is 21.3 Å². The van der Waals surface area contributed by atoms with E-state index in [-0.39, 0.29) is 9.96 Å². The molecule has 9 heteroatoms. The Morgan fingerprint density at radius 2 is 1.88 bits per heavy atom. The summed E-state index contributed by atoms with van der Waals surface area (Å²) in [5, 5.41) is 0. The molecule has 1 fully saturated rings. The van der Waals surface area contributed by atoms with Gasteiger partial charge in [-0.05, 0) is 49.2 Å². The van der Waals surface area contributed by atoms with E-state index in [1.807, 2.05) is 6.92 Å². The van der Waals surface area contributed by atoms with Crippen LogP contribution in [0.4, 0.5) is 11.4 Å². The fraction of sp³-hybridized carbons (Fsp3) is 0.333. The van der Waals surface area contributed by atoms with Crippen LogP contribution in [0.25, 0.3) is 0 Å². The number of aryl methyl sites for hydroxylation is 1. The number of nitrogens with zero attached hydrogens (tertiary/aromatic N) is 1. The molecule has 0 aliphatic carbocycles. The van der Waals surface area contributed by atoms with Crippen molar-refractivity contribution in [1.29, 1.82) is 0 Å². The van der Waals surface area contributed by atoms with E-state index < -0.39 is 20.0 Å². The third-order valence-electron chi connectivity index (χ3n) is 3.76. The van der Waals surface area contributed by atoms with Gasteiger partial charge in [-0.15, -0.1) is 11.3 Å². The Labute approximate surface area is 146 Å². The molecule has 24 heavy (non-hydrogen) atoms. The van der Waals surface area contributed by atoms with Crippen molar-refractivity contribution in [2.24, 2.45) is 0 Å². The topological polar surface area (TPSA) is 83.6 Å². The van der Waals surface area contributed by atoms with Crippen LogP contribution in [0.15, 0.2) is 40.6 Å². The molecule has 0 atom stereocenters. The summed E-state index contributed by atoms with van der Waals surface area (Å²) in [6.45, 7) is 2.43. The lowest BCUT2D eigenvalue weighted by atomic mass is 10.3. The molecule has 1 aliphatic rings. The molecule has 1 saturated heterocycles. The monoisotopic (exact) mass is 386 g/mol. The second-order valence-electron chi connectivity index (χ2n) is 5.47. The highest BCUT2D eigenvalue weighted by molar-refractivity contribution is 7.94. The predicted octanol–water partition coefficient (Wildman–Crippen LogP) is 2.65. The molecule has 0 radical (unpaired) electrons. The summed E-state index contributed by atoms with van der Waals surface area (Å²) < 4.78 is 52.7. The van der Waals surface area contributed by atoms with E-state index in [0.717, 1.165) is 11.3 Å². The Kier molecular flexibility index (Phi) is 4.58. The van der Waals surface area contributed by atoms with Crippen molar-refractivity contribution < 1.29 is 16.8 Å². The number of rotatable bonds is 5. The van der Waals surface area contributed by atoms with E-state index in [1.165, 1.54) is 15.6 Å². The van der Waals surface area contributed by atoms with E-state index in [9.17, 15) is 16.8 Å². The third kappa shape index (κ3) is 3.42. The highest BCUT2D eigenvalue weighted by Gasteiger charge is 2.28. The van der Waals surface area contributed by atoms with Crippen LogP contribution < -0.4 is 9.03 Å². The first-order valence-electron chi connectivity index (χ1n) is 7.54. The molecule has 1 aliphatic heterocycles. The summed E-state index contributed by atoms with van der Waals surface area (Å²) in [6, 6.07) is 9.79. The van der Waals surface area contributed by atoms with Gasteiger partial charge in [0.05, 0.1) is 11.4 Å². The molecular weight excluding hydrogens is 368 g/mol. The molecule has 0 amide bonds. The minimum Gasteiger partial charge on any atom is -0.279 e. The van der Waals surface area contributed by atoms with Gasteiger partial charge in [0.15, 0.2) is 0 Å². The molecule has 1 N–H and O–H groups in total. The normalized spacial score (nSPS) is 17.1. The molecule has 1 aromatic carbocycles. The Hall–Kier alpha value is -1.58. The molecule has 2 aromatic rings. The van der Waals surface area contributed by atoms with Crippen LogP contribution in [0.2, 0.25) is 0 Å². The Bertz CT molecular complexity index is 931. The molecule has 130 valence electrons. The van der Waals surface area contributed by atoms with Crippen molar-refractivity contribution >= 4 is 42.8 Å². The number of anilines is 2. The molecule has 6 nitrogen and oxygen atoms in total. The number of nitrogens with one attached hydrogen (secondary N) is 1. The summed E-state index contributed by atoms with van der Waals surface area (Å²) in [5.74, 6) is 0.152. The van der Waals surface area contributed by atoms with Gasteiger partial charge in [-0.25, -0.2) is 16.8 Å². The van der Waals surface area contributed by atoms with Crippen molar-refractivity contribution in [3.63, 3.8) is 0 Å². The Morgan fingerprint density at radius 1 is 1.17 bits per heavy atom. The maximum Gasteiger partial charge on any atom is 0.271 e. The first-order valence-corrected chi connectivity index (χ1v) is 11.4. The van der Waals surface area contributed by atoms with Gasteiger partial charge in [0.25, 0.3) is 10.0 Å². The molecule has 0 bridgehead atoms. The standard InChI is InChI=1S/C15H18N2O4S3/c1-2-14-8-9-15(22-14)24(20,21)16-12-4-6-13(7-5-12)17-10-3-11-23(17,18)19/h4-9,16H,2-3,10-11H2,1H3. The van der Waals surface area contributed by atoms with Gasteiger partial charge in [-0.1, -0.05) is 6.92 Å². The number of thiophene rings is 1. The quantitative estimate of drug-likeness (QED) is 0.856. The van der Waals surface area contributed by atoms with Crippen LogP contribution in [0.5, 0.6) is 0 Å². The summed E-state index contributed by atoms with van der Waals surface area (Å²) in [5.41, 5.74) is 0.960. The SMILES string of the molecule is CCc1ccc(S(=O)(=O)Nc2ccc(N3CCCS3(=O)=O)cc2)s1. The largest absolute Gasteiger partial charge is 0.279 e. The number of benzene rings is 1. The molecule has 0 spiro atoms. The minimum absolute atomic E-state index is 0.152. The molecule has 2 heterocycles. The predicted molar refractivity (Wildman–Crippen MR) is 96.7 cm³/mol. The lowest BCUT2D eigenvalue weighted by Crippen LogP contribution is -2.24. The molecular formula is C15H18N2O4S3. The highest BCUT2D eigenvalue weighted by Crippen LogP contribution is 2.27. The van der Waals surface area contributed by atoms with Gasteiger partial charge in [0.2, 0.25) is 10.0 Å². The first-order chi connectivity index (χ1) is 11.3. The van der Waals surface area contributed by atoms with E-state index in [1.54, 1.807) is 36.4 Å². The molecule has 1 aromatic heterocycles. The number of hydrogen-bond acceptors (Lipinski definition) is 5. The summed E-state index contributed by atoms with van der Waals surface area (Å²) in [4.78, 5) is 1.00. The van der Waals surface area contributed by atoms with Crippen LogP contribution in [0, 0.1) is 0 Å². The molecule has 0 saturated carbocycles. The highest BCUT2D eigenvalue weighted by atomic mass is 32.2. The molecule has 3 rings (SSSR count). The second-order valence-corrected chi connectivity index (χ2v) is 10.6. The summed E-state index contributed by atoms with van der Waals surface area (Å²) in [6.07, 6.45) is 1.40. The van der Waals surface area contributed by atoms with Gasteiger partial charge in [0, 0.05) is 17.1 Å². The van der Waals surface area contributed by atoms with Crippen LogP contribution in [0.3, 0.4) is 0 Å². The van der Waals surface area contributed by atoms with Gasteiger partial charge in [-0.3, -0.25) is 9.03 Å². The average molecular weight is 387 g/mol. The zero-order valence-corrected chi connectivity index (χ0v) is 15.5. The van der Waals surface area contributed by atoms with Crippen LogP contribution >= 0.6 is 11.3 Å². The fourth-order valence-corrected chi connectivity index (χ4v) is 6.44. The van der Waals surface area contributed by atoms with Crippen LogP contribution in [-0.4, -0.2) is 29.1 Å². The maximum absolute atomic E-state index is 12.4. The van der Waals surface area contributed by atoms with E-state index in [4.69, 9.17) is 0 Å². The van der Waals surface area contributed by atoms with Crippen LogP contribution in [0.1, 0.15) is 18.2 Å². The summed E-state index contributed by atoms with van der Waals surface area (Å²) in [7, 11) is -6.86. The van der Waals surface area contributed by atoms with E-state index in [2.05, 4.69) is 4.72 Å². The van der Waals surface area contributed by atoms with Crippen molar-refractivity contribution in [3.05, 3.63) is 41.3 Å².